The zero-order valence-corrected chi connectivity index (χ0v) is 16.9. The van der Waals surface area contributed by atoms with Gasteiger partial charge in [-0.3, -0.25) is 4.79 Å². The number of rotatable bonds is 8. The number of hydrogen-bond donors (Lipinski definition) is 2. The maximum atomic E-state index is 12.1. The fourth-order valence-corrected chi connectivity index (χ4v) is 2.44. The highest BCUT2D eigenvalue weighted by Crippen LogP contribution is 2.18. The largest absolute Gasteiger partial charge is 0.444 e. The molecule has 0 saturated carbocycles. The molecule has 0 aliphatic heterocycles. The molecule has 1 rings (SSSR count). The molecule has 0 bridgehead atoms. The third-order valence-corrected chi connectivity index (χ3v) is 3.83. The van der Waals surface area contributed by atoms with Crippen LogP contribution < -0.4 is 10.6 Å². The quantitative estimate of drug-likeness (QED) is 0.697. The summed E-state index contributed by atoms with van der Waals surface area (Å²) in [6.07, 6.45) is 0.483. The molecule has 0 spiro atoms. The minimum Gasteiger partial charge on any atom is -0.444 e. The van der Waals surface area contributed by atoms with E-state index in [-0.39, 0.29) is 11.9 Å². The molecule has 1 atom stereocenters. The van der Waals surface area contributed by atoms with Crippen molar-refractivity contribution in [2.75, 3.05) is 27.2 Å². The minimum atomic E-state index is -0.515. The van der Waals surface area contributed by atoms with Crippen LogP contribution in [0.5, 0.6) is 0 Å². The van der Waals surface area contributed by atoms with Gasteiger partial charge in [-0.2, -0.15) is 0 Å². The fourth-order valence-electron chi connectivity index (χ4n) is 2.44. The number of amides is 2. The highest BCUT2D eigenvalue weighted by molar-refractivity contribution is 5.76. The normalized spacial score (nSPS) is 12.6. The zero-order valence-electron chi connectivity index (χ0n) is 16.9. The standard InChI is InChI=1S/C20H33N3O3/c1-15-9-11-16(12-10-15)17(23(5)6)14-22-18(24)8-7-13-21-19(25)26-20(2,3)4/h9-12,17H,7-8,13-14H2,1-6H3,(H,21,25)(H,22,24). The van der Waals surface area contributed by atoms with Gasteiger partial charge in [-0.05, 0) is 53.8 Å². The highest BCUT2D eigenvalue weighted by Gasteiger charge is 2.16. The van der Waals surface area contributed by atoms with Gasteiger partial charge in [-0.1, -0.05) is 29.8 Å². The first kappa shape index (κ1) is 22.0. The number of likely N-dealkylation sites (N-methyl/N-ethyl adjacent to an activating group) is 1. The maximum absolute atomic E-state index is 12.1. The molecule has 0 aliphatic carbocycles. The van der Waals surface area contributed by atoms with E-state index < -0.39 is 11.7 Å². The number of nitrogens with one attached hydrogen (secondary N) is 2. The zero-order chi connectivity index (χ0) is 19.7. The molecule has 1 aromatic carbocycles. The monoisotopic (exact) mass is 363 g/mol. The summed E-state index contributed by atoms with van der Waals surface area (Å²) >= 11 is 0. The fraction of sp³-hybridized carbons (Fsp3) is 0.600. The molecule has 0 aromatic heterocycles. The molecule has 0 saturated heterocycles. The van der Waals surface area contributed by atoms with Crippen molar-refractivity contribution in [1.29, 1.82) is 0 Å². The van der Waals surface area contributed by atoms with Gasteiger partial charge in [0.25, 0.3) is 0 Å². The molecule has 0 radical (unpaired) electrons. The van der Waals surface area contributed by atoms with E-state index >= 15 is 0 Å². The van der Waals surface area contributed by atoms with E-state index in [1.165, 1.54) is 11.1 Å². The summed E-state index contributed by atoms with van der Waals surface area (Å²) in [5.74, 6) is -0.0186. The van der Waals surface area contributed by atoms with Crippen LogP contribution in [-0.2, 0) is 9.53 Å². The molecule has 0 heterocycles. The van der Waals surface area contributed by atoms with Crippen molar-refractivity contribution in [3.05, 3.63) is 35.4 Å². The van der Waals surface area contributed by atoms with Gasteiger partial charge >= 0.3 is 6.09 Å². The first-order chi connectivity index (χ1) is 12.1. The van der Waals surface area contributed by atoms with E-state index in [0.717, 1.165) is 0 Å². The van der Waals surface area contributed by atoms with Gasteiger partial charge in [0.1, 0.15) is 5.60 Å². The number of alkyl carbamates (subject to hydrolysis) is 1. The summed E-state index contributed by atoms with van der Waals surface area (Å²) in [5, 5.41) is 5.64. The molecule has 0 fully saturated rings. The Hall–Kier alpha value is -2.08. The molecule has 2 N–H and O–H groups in total. The summed E-state index contributed by atoms with van der Waals surface area (Å²) in [4.78, 5) is 25.7. The Labute approximate surface area is 157 Å². The van der Waals surface area contributed by atoms with Gasteiger partial charge in [0.05, 0.1) is 6.04 Å². The van der Waals surface area contributed by atoms with E-state index in [1.807, 2.05) is 34.9 Å². The Morgan fingerprint density at radius 1 is 1.12 bits per heavy atom. The Kier molecular flexibility index (Phi) is 8.58. The van der Waals surface area contributed by atoms with E-state index in [2.05, 4.69) is 46.7 Å². The van der Waals surface area contributed by atoms with Crippen molar-refractivity contribution >= 4 is 12.0 Å². The van der Waals surface area contributed by atoms with Crippen LogP contribution in [0.4, 0.5) is 4.79 Å². The van der Waals surface area contributed by atoms with Gasteiger partial charge in [0.2, 0.25) is 5.91 Å². The predicted molar refractivity (Wildman–Crippen MR) is 104 cm³/mol. The van der Waals surface area contributed by atoms with Crippen LogP contribution in [0.1, 0.15) is 50.8 Å². The number of aryl methyl sites for hydroxylation is 1. The minimum absolute atomic E-state index is 0.0186. The van der Waals surface area contributed by atoms with Crippen LogP contribution in [0.2, 0.25) is 0 Å². The number of benzene rings is 1. The topological polar surface area (TPSA) is 70.7 Å². The second-order valence-corrected chi connectivity index (χ2v) is 7.73. The molecule has 6 nitrogen and oxygen atoms in total. The number of carbonyl (C=O) groups excluding carboxylic acids is 2. The van der Waals surface area contributed by atoms with Crippen molar-refractivity contribution in [3.63, 3.8) is 0 Å². The number of carbonyl (C=O) groups is 2. The maximum Gasteiger partial charge on any atom is 0.407 e. The van der Waals surface area contributed by atoms with Crippen LogP contribution in [-0.4, -0.2) is 49.7 Å². The van der Waals surface area contributed by atoms with Crippen LogP contribution in [0.3, 0.4) is 0 Å². The lowest BCUT2D eigenvalue weighted by molar-refractivity contribution is -0.121. The molecule has 1 aromatic rings. The van der Waals surface area contributed by atoms with E-state index in [0.29, 0.717) is 25.9 Å². The summed E-state index contributed by atoms with van der Waals surface area (Å²) < 4.78 is 5.15. The molecular weight excluding hydrogens is 330 g/mol. The first-order valence-electron chi connectivity index (χ1n) is 9.05. The number of hydrogen-bond acceptors (Lipinski definition) is 4. The Morgan fingerprint density at radius 2 is 1.73 bits per heavy atom. The van der Waals surface area contributed by atoms with Crippen molar-refractivity contribution in [2.45, 2.75) is 52.2 Å². The van der Waals surface area contributed by atoms with Gasteiger partial charge in [0, 0.05) is 19.5 Å². The Balaban J connectivity index is 2.33. The number of ether oxygens (including phenoxy) is 1. The summed E-state index contributed by atoms with van der Waals surface area (Å²) in [7, 11) is 4.00. The van der Waals surface area contributed by atoms with Crippen molar-refractivity contribution in [1.82, 2.24) is 15.5 Å². The SMILES string of the molecule is Cc1ccc(C(CNC(=O)CCCNC(=O)OC(C)(C)C)N(C)C)cc1. The summed E-state index contributed by atoms with van der Waals surface area (Å²) in [5.41, 5.74) is 1.87. The Bertz CT molecular complexity index is 577. The van der Waals surface area contributed by atoms with Gasteiger partial charge in [-0.25, -0.2) is 4.79 Å². The van der Waals surface area contributed by atoms with Crippen LogP contribution in [0.15, 0.2) is 24.3 Å². The molecule has 6 heteroatoms. The lowest BCUT2D eigenvalue weighted by Crippen LogP contribution is -2.35. The summed E-state index contributed by atoms with van der Waals surface area (Å²) in [6, 6.07) is 8.47. The number of nitrogens with zero attached hydrogens (tertiary/aromatic N) is 1. The molecule has 0 aliphatic rings. The second-order valence-electron chi connectivity index (χ2n) is 7.73. The third-order valence-electron chi connectivity index (χ3n) is 3.83. The molecule has 146 valence electrons. The third kappa shape index (κ3) is 8.85. The van der Waals surface area contributed by atoms with Crippen molar-refractivity contribution in [3.8, 4) is 0 Å². The van der Waals surface area contributed by atoms with Gasteiger partial charge < -0.3 is 20.3 Å². The van der Waals surface area contributed by atoms with Crippen LogP contribution >= 0.6 is 0 Å². The average molecular weight is 364 g/mol. The molecule has 26 heavy (non-hydrogen) atoms. The van der Waals surface area contributed by atoms with E-state index in [9.17, 15) is 9.59 Å². The average Bonchev–Trinajstić information content (AvgIpc) is 2.51. The van der Waals surface area contributed by atoms with Gasteiger partial charge in [0.15, 0.2) is 0 Å². The van der Waals surface area contributed by atoms with Gasteiger partial charge in [-0.15, -0.1) is 0 Å². The highest BCUT2D eigenvalue weighted by atomic mass is 16.6. The lowest BCUT2D eigenvalue weighted by Gasteiger charge is -2.25. The Morgan fingerprint density at radius 3 is 2.27 bits per heavy atom. The summed E-state index contributed by atoms with van der Waals surface area (Å²) in [6.45, 7) is 8.47. The van der Waals surface area contributed by atoms with Crippen molar-refractivity contribution in [2.24, 2.45) is 0 Å². The van der Waals surface area contributed by atoms with Crippen LogP contribution in [0.25, 0.3) is 0 Å². The molecule has 2 amide bonds. The first-order valence-corrected chi connectivity index (χ1v) is 9.05. The van der Waals surface area contributed by atoms with E-state index in [1.54, 1.807) is 0 Å². The predicted octanol–water partition coefficient (Wildman–Crippen LogP) is 3.02. The molecule has 1 unspecified atom stereocenters. The second kappa shape index (κ2) is 10.2. The molecular formula is C20H33N3O3. The lowest BCUT2D eigenvalue weighted by atomic mass is 10.0. The van der Waals surface area contributed by atoms with Crippen molar-refractivity contribution < 1.29 is 14.3 Å². The van der Waals surface area contributed by atoms with Crippen LogP contribution in [0, 0.1) is 6.92 Å². The smallest absolute Gasteiger partial charge is 0.407 e. The van der Waals surface area contributed by atoms with E-state index in [4.69, 9.17) is 4.74 Å².